The van der Waals surface area contributed by atoms with Crippen molar-refractivity contribution in [3.05, 3.63) is 66.5 Å². The van der Waals surface area contributed by atoms with Crippen LogP contribution in [0.3, 0.4) is 0 Å². The minimum Gasteiger partial charge on any atom is -0.485 e. The second-order valence-corrected chi connectivity index (χ2v) is 15.2. The van der Waals surface area contributed by atoms with Gasteiger partial charge in [0.1, 0.15) is 16.8 Å². The van der Waals surface area contributed by atoms with Gasteiger partial charge in [0, 0.05) is 49.9 Å². The van der Waals surface area contributed by atoms with Crippen LogP contribution in [0, 0.1) is 0 Å². The standard InChI is InChI=1S/C38H43N9O4S/c1-45-23-39-35(44-45)26-6-4-24(5-7-26)25-14-17-47(18-15-25)33(48)21-46-19-16-38(22-46,52-3)37(49)40-27-8-11-30-29(20-27)34(43-42-30)31-12-13-32(36(41-31)50-2)51-28-9-10-28/h4-8,11-13,20,23,25,28H,9-10,14-19,21-22H2,1-3H3,(H,40,49)(H,42,43)/t38-/m0/s1. The molecule has 1 aliphatic carbocycles. The molecule has 8 rings (SSSR count). The number of aromatic amines is 1. The van der Waals surface area contributed by atoms with Crippen molar-refractivity contribution in [2.45, 2.75) is 48.9 Å². The SMILES string of the molecule is COc1nc(-c2n[nH]c3ccc(NC(=O)[C@]4(SC)CCN(CC(=O)N5CCC(c6ccc(-c7ncn(C)n7)cc6)CC5)C4)cc23)ccc1OC1CC1. The monoisotopic (exact) mass is 721 g/mol. The van der Waals surface area contributed by atoms with E-state index in [1.54, 1.807) is 29.9 Å². The van der Waals surface area contributed by atoms with Gasteiger partial charge in [0.2, 0.25) is 11.8 Å². The lowest BCUT2D eigenvalue weighted by molar-refractivity contribution is -0.133. The van der Waals surface area contributed by atoms with E-state index in [4.69, 9.17) is 9.47 Å². The fourth-order valence-electron chi connectivity index (χ4n) is 7.26. The van der Waals surface area contributed by atoms with Gasteiger partial charge in [-0.2, -0.15) is 10.2 Å². The molecule has 13 nitrogen and oxygen atoms in total. The molecule has 14 heteroatoms. The van der Waals surface area contributed by atoms with Crippen LogP contribution >= 0.6 is 11.8 Å². The number of nitrogens with zero attached hydrogens (tertiary/aromatic N) is 7. The molecule has 5 aromatic rings. The molecule has 2 saturated heterocycles. The highest BCUT2D eigenvalue weighted by Crippen LogP contribution is 2.38. The van der Waals surface area contributed by atoms with Crippen LogP contribution in [0.2, 0.25) is 0 Å². The Hall–Kier alpha value is -4.95. The van der Waals surface area contributed by atoms with E-state index >= 15 is 0 Å². The minimum absolute atomic E-state index is 0.0635. The van der Waals surface area contributed by atoms with Crippen molar-refractivity contribution >= 4 is 40.2 Å². The topological polar surface area (TPSA) is 143 Å². The van der Waals surface area contributed by atoms with Crippen LogP contribution in [-0.2, 0) is 16.6 Å². The number of carbonyl (C=O) groups is 2. The number of ether oxygens (including phenoxy) is 2. The van der Waals surface area contributed by atoms with Gasteiger partial charge in [0.05, 0.1) is 31.0 Å². The summed E-state index contributed by atoms with van der Waals surface area (Å²) in [6, 6.07) is 17.9. The fraction of sp³-hybridized carbons (Fsp3) is 0.421. The summed E-state index contributed by atoms with van der Waals surface area (Å²) in [4.78, 5) is 40.5. The van der Waals surface area contributed by atoms with Gasteiger partial charge >= 0.3 is 0 Å². The molecule has 1 atom stereocenters. The van der Waals surface area contributed by atoms with E-state index < -0.39 is 4.75 Å². The Balaban J connectivity index is 0.870. The number of hydrogen-bond donors (Lipinski definition) is 2. The lowest BCUT2D eigenvalue weighted by Gasteiger charge is -2.33. The van der Waals surface area contributed by atoms with Crippen molar-refractivity contribution in [1.82, 2.24) is 39.7 Å². The predicted molar refractivity (Wildman–Crippen MR) is 200 cm³/mol. The highest BCUT2D eigenvalue weighted by atomic mass is 32.2. The number of aromatic nitrogens is 6. The first-order chi connectivity index (χ1) is 25.3. The van der Waals surface area contributed by atoms with Gasteiger partial charge in [0.25, 0.3) is 5.88 Å². The number of thioether (sulfide) groups is 1. The zero-order valence-corrected chi connectivity index (χ0v) is 30.5. The first-order valence-corrected chi connectivity index (χ1v) is 19.1. The van der Waals surface area contributed by atoms with Crippen LogP contribution in [0.1, 0.15) is 43.6 Å². The number of carbonyl (C=O) groups excluding carboxylic acids is 2. The summed E-state index contributed by atoms with van der Waals surface area (Å²) in [6.45, 7) is 2.98. The van der Waals surface area contributed by atoms with Crippen LogP contribution in [0.25, 0.3) is 33.7 Å². The number of rotatable bonds is 11. The smallest absolute Gasteiger partial charge is 0.257 e. The van der Waals surface area contributed by atoms with Crippen molar-refractivity contribution in [2.24, 2.45) is 7.05 Å². The van der Waals surface area contributed by atoms with Crippen molar-refractivity contribution < 1.29 is 19.1 Å². The van der Waals surface area contributed by atoms with Gasteiger partial charge in [-0.15, -0.1) is 11.8 Å². The molecular weight excluding hydrogens is 679 g/mol. The number of amides is 2. The zero-order chi connectivity index (χ0) is 35.8. The number of methoxy groups -OCH3 is 1. The van der Waals surface area contributed by atoms with E-state index in [-0.39, 0.29) is 17.9 Å². The maximum Gasteiger partial charge on any atom is 0.257 e. The quantitative estimate of drug-likeness (QED) is 0.189. The maximum atomic E-state index is 13.9. The molecule has 0 unspecified atom stereocenters. The van der Waals surface area contributed by atoms with Crippen LogP contribution in [0.5, 0.6) is 11.6 Å². The van der Waals surface area contributed by atoms with E-state index in [9.17, 15) is 9.59 Å². The van der Waals surface area contributed by atoms with Gasteiger partial charge in [0.15, 0.2) is 11.6 Å². The molecule has 2 aromatic carbocycles. The summed E-state index contributed by atoms with van der Waals surface area (Å²) in [6.07, 6.45) is 8.51. The normalized spacial score (nSPS) is 19.6. The maximum absolute atomic E-state index is 13.9. The summed E-state index contributed by atoms with van der Waals surface area (Å²) < 4.78 is 12.5. The van der Waals surface area contributed by atoms with Gasteiger partial charge in [-0.05, 0) is 80.2 Å². The van der Waals surface area contributed by atoms with Crippen molar-refractivity contribution in [2.75, 3.05) is 51.4 Å². The molecule has 5 heterocycles. The predicted octanol–water partition coefficient (Wildman–Crippen LogP) is 5.12. The highest BCUT2D eigenvalue weighted by Gasteiger charge is 2.45. The first kappa shape index (κ1) is 34.2. The number of nitrogens with one attached hydrogen (secondary N) is 2. The van der Waals surface area contributed by atoms with E-state index in [2.05, 4.69) is 59.7 Å². The van der Waals surface area contributed by atoms with Gasteiger partial charge < -0.3 is 19.7 Å². The van der Waals surface area contributed by atoms with Gasteiger partial charge in [-0.25, -0.2) is 9.97 Å². The molecule has 0 spiro atoms. The van der Waals surface area contributed by atoms with E-state index in [1.807, 2.05) is 48.5 Å². The Labute approximate surface area is 306 Å². The number of H-pyrrole nitrogens is 1. The molecular formula is C38H43N9O4S. The van der Waals surface area contributed by atoms with E-state index in [1.165, 1.54) is 5.56 Å². The molecule has 0 radical (unpaired) electrons. The van der Waals surface area contributed by atoms with Crippen LogP contribution < -0.4 is 14.8 Å². The Morgan fingerprint density at radius 1 is 1.04 bits per heavy atom. The number of likely N-dealkylation sites (tertiary alicyclic amines) is 2. The summed E-state index contributed by atoms with van der Waals surface area (Å²) in [5, 5.41) is 16.0. The Morgan fingerprint density at radius 2 is 1.85 bits per heavy atom. The lowest BCUT2D eigenvalue weighted by Crippen LogP contribution is -2.46. The third-order valence-electron chi connectivity index (χ3n) is 10.5. The number of anilines is 1. The summed E-state index contributed by atoms with van der Waals surface area (Å²) in [5.41, 5.74) is 5.10. The molecule has 2 aliphatic heterocycles. The van der Waals surface area contributed by atoms with Gasteiger partial charge in [-0.3, -0.25) is 24.3 Å². The largest absolute Gasteiger partial charge is 0.485 e. The average Bonchev–Trinajstić information content (AvgIpc) is 3.51. The van der Waals surface area contributed by atoms with Crippen LogP contribution in [0.15, 0.2) is 60.9 Å². The Kier molecular flexibility index (Phi) is 9.34. The van der Waals surface area contributed by atoms with Crippen molar-refractivity contribution in [3.63, 3.8) is 0 Å². The van der Waals surface area contributed by atoms with Crippen molar-refractivity contribution in [1.29, 1.82) is 0 Å². The second kappa shape index (κ2) is 14.2. The third kappa shape index (κ3) is 6.96. The Bertz CT molecular complexity index is 2090. The summed E-state index contributed by atoms with van der Waals surface area (Å²) in [7, 11) is 3.44. The fourth-order valence-corrected chi connectivity index (χ4v) is 8.10. The molecule has 1 saturated carbocycles. The highest BCUT2D eigenvalue weighted by molar-refractivity contribution is 8.00. The van der Waals surface area contributed by atoms with E-state index in [0.717, 1.165) is 61.1 Å². The summed E-state index contributed by atoms with van der Waals surface area (Å²) >= 11 is 1.55. The minimum atomic E-state index is -0.662. The molecule has 0 bridgehead atoms. The average molecular weight is 722 g/mol. The molecule has 3 aliphatic rings. The number of pyridine rings is 1. The van der Waals surface area contributed by atoms with Crippen LogP contribution in [-0.4, -0.2) is 109 Å². The third-order valence-corrected chi connectivity index (χ3v) is 11.8. The molecule has 3 fully saturated rings. The molecule has 52 heavy (non-hydrogen) atoms. The zero-order valence-electron chi connectivity index (χ0n) is 29.7. The number of benzene rings is 2. The van der Waals surface area contributed by atoms with Gasteiger partial charge in [-0.1, -0.05) is 24.3 Å². The molecule has 2 amide bonds. The van der Waals surface area contributed by atoms with Crippen LogP contribution in [0.4, 0.5) is 5.69 Å². The first-order valence-electron chi connectivity index (χ1n) is 17.8. The number of piperidine rings is 1. The lowest BCUT2D eigenvalue weighted by atomic mass is 9.89. The van der Waals surface area contributed by atoms with E-state index in [0.29, 0.717) is 60.7 Å². The molecule has 2 N–H and O–H groups in total. The number of fused-ring (bicyclic) bond motifs is 1. The summed E-state index contributed by atoms with van der Waals surface area (Å²) in [5.74, 6) is 2.24. The second-order valence-electron chi connectivity index (χ2n) is 14.0. The number of aryl methyl sites for hydroxylation is 1. The van der Waals surface area contributed by atoms with Crippen molar-refractivity contribution in [3.8, 4) is 34.4 Å². The Morgan fingerprint density at radius 3 is 2.56 bits per heavy atom. The molecule has 270 valence electrons. The molecule has 3 aromatic heterocycles. The number of hydrogen-bond acceptors (Lipinski definition) is 10.